The van der Waals surface area contributed by atoms with Crippen LogP contribution in [0.15, 0.2) is 36.5 Å². The van der Waals surface area contributed by atoms with Crippen LogP contribution in [0.2, 0.25) is 5.15 Å². The lowest BCUT2D eigenvalue weighted by Crippen LogP contribution is -2.43. The maximum Gasteiger partial charge on any atom is 0.413 e. The number of nitrogens with zero attached hydrogens (tertiary/aromatic N) is 6. The van der Waals surface area contributed by atoms with Crippen molar-refractivity contribution >= 4 is 40.4 Å². The fourth-order valence-corrected chi connectivity index (χ4v) is 5.54. The molecule has 5 rings (SSSR count). The Morgan fingerprint density at radius 1 is 1.24 bits per heavy atom. The van der Waals surface area contributed by atoms with Gasteiger partial charge in [-0.25, -0.2) is 9.50 Å². The van der Waals surface area contributed by atoms with Gasteiger partial charge < -0.3 is 19.8 Å². The minimum atomic E-state index is -4.71. The fraction of sp³-hybridized carbons (Fsp3) is 0.440. The molecule has 0 unspecified atom stereocenters. The molecule has 2 amide bonds. The molecule has 2 aromatic heterocycles. The second-order valence-corrected chi connectivity index (χ2v) is 9.94. The largest absolute Gasteiger partial charge is 0.413 e. The number of aliphatic hydroxyl groups is 1. The zero-order valence-corrected chi connectivity index (χ0v) is 21.3. The number of halogens is 4. The normalized spacial score (nSPS) is 18.5. The van der Waals surface area contributed by atoms with Gasteiger partial charge in [0.05, 0.1) is 23.5 Å². The van der Waals surface area contributed by atoms with E-state index in [1.165, 1.54) is 17.0 Å². The average Bonchev–Trinajstić information content (AvgIpc) is 3.54. The summed E-state index contributed by atoms with van der Waals surface area (Å²) in [5.41, 5.74) is 2.97. The third-order valence-electron chi connectivity index (χ3n) is 7.21. The summed E-state index contributed by atoms with van der Waals surface area (Å²) in [5.74, 6) is -2.00. The number of aliphatic hydroxyl groups excluding tert-OH is 1. The molecule has 13 heteroatoms. The molecule has 0 radical (unpaired) electrons. The minimum Gasteiger partial charge on any atom is -0.387 e. The second kappa shape index (κ2) is 10.1. The number of amides is 2. The number of carbonyl (C=O) groups is 2. The van der Waals surface area contributed by atoms with Crippen molar-refractivity contribution in [2.24, 2.45) is 5.92 Å². The molecule has 9 nitrogen and oxygen atoms in total. The highest BCUT2D eigenvalue weighted by molar-refractivity contribution is 6.29. The summed E-state index contributed by atoms with van der Waals surface area (Å²) < 4.78 is 44.4. The Bertz CT molecular complexity index is 1360. The third-order valence-corrected chi connectivity index (χ3v) is 7.39. The van der Waals surface area contributed by atoms with Crippen LogP contribution in [0.5, 0.6) is 0 Å². The average molecular weight is 551 g/mol. The molecule has 2 aliphatic rings. The predicted octanol–water partition coefficient (Wildman–Crippen LogP) is 3.37. The van der Waals surface area contributed by atoms with Crippen LogP contribution in [0.3, 0.4) is 0 Å². The van der Waals surface area contributed by atoms with Crippen molar-refractivity contribution in [3.8, 4) is 0 Å². The number of alkyl halides is 3. The molecule has 0 spiro atoms. The maximum absolute atomic E-state index is 14.2. The quantitative estimate of drug-likeness (QED) is 0.523. The Morgan fingerprint density at radius 3 is 2.66 bits per heavy atom. The van der Waals surface area contributed by atoms with E-state index in [-0.39, 0.29) is 25.1 Å². The first-order chi connectivity index (χ1) is 18.1. The van der Waals surface area contributed by atoms with Crippen molar-refractivity contribution in [1.29, 1.82) is 0 Å². The van der Waals surface area contributed by atoms with Gasteiger partial charge in [0.15, 0.2) is 16.8 Å². The number of hydrogen-bond donors (Lipinski definition) is 1. The summed E-state index contributed by atoms with van der Waals surface area (Å²) in [7, 11) is 1.14. The number of aryl methyl sites for hydroxylation is 1. The Balaban J connectivity index is 1.39. The third kappa shape index (κ3) is 4.78. The van der Waals surface area contributed by atoms with Crippen LogP contribution in [0, 0.1) is 5.92 Å². The van der Waals surface area contributed by atoms with Crippen LogP contribution < -0.4 is 4.90 Å². The zero-order chi connectivity index (χ0) is 27.2. The molecule has 38 heavy (non-hydrogen) atoms. The van der Waals surface area contributed by atoms with Crippen molar-refractivity contribution in [2.75, 3.05) is 38.2 Å². The molecule has 3 aromatic rings. The highest BCUT2D eigenvalue weighted by Crippen LogP contribution is 2.40. The lowest BCUT2D eigenvalue weighted by Gasteiger charge is -2.33. The summed E-state index contributed by atoms with van der Waals surface area (Å²) in [6.45, 7) is 0.161. The van der Waals surface area contributed by atoms with Crippen molar-refractivity contribution in [3.63, 3.8) is 0 Å². The molecule has 0 aliphatic carbocycles. The molecule has 0 bridgehead atoms. The molecule has 2 aliphatic heterocycles. The van der Waals surface area contributed by atoms with Crippen LogP contribution in [0.1, 0.15) is 30.1 Å². The Hall–Kier alpha value is -3.38. The van der Waals surface area contributed by atoms with Crippen LogP contribution in [-0.4, -0.2) is 80.8 Å². The molecule has 1 fully saturated rings. The minimum absolute atomic E-state index is 0.0107. The Kier molecular flexibility index (Phi) is 6.95. The first kappa shape index (κ1) is 26.2. The topological polar surface area (TPSA) is 94.3 Å². The van der Waals surface area contributed by atoms with Crippen LogP contribution in [-0.2, 0) is 16.0 Å². The van der Waals surface area contributed by atoms with E-state index in [4.69, 9.17) is 16.7 Å². The number of likely N-dealkylation sites (tertiary alicyclic amines) is 1. The van der Waals surface area contributed by atoms with Crippen molar-refractivity contribution in [3.05, 3.63) is 52.9 Å². The lowest BCUT2D eigenvalue weighted by molar-refractivity contribution is -0.190. The molecule has 2 atom stereocenters. The molecule has 1 saturated heterocycles. The lowest BCUT2D eigenvalue weighted by atomic mass is 10.0. The molecule has 1 N–H and O–H groups in total. The SMILES string of the molecule is CN(C(=O)[C@@H]1CCN(C(=O)CO)C1)[C@@H](c1ccc(N2CCCc3c2cnc2cc(Cl)nn32)cc1)C(F)(F)F. The highest BCUT2D eigenvalue weighted by Gasteiger charge is 2.47. The summed E-state index contributed by atoms with van der Waals surface area (Å²) in [6.07, 6.45) is -1.18. The number of fused-ring (bicyclic) bond motifs is 3. The number of carbonyl (C=O) groups excluding carboxylic acids is 2. The van der Waals surface area contributed by atoms with Gasteiger partial charge in [-0.15, -0.1) is 0 Å². The number of anilines is 2. The van der Waals surface area contributed by atoms with E-state index >= 15 is 0 Å². The number of rotatable bonds is 5. The summed E-state index contributed by atoms with van der Waals surface area (Å²) in [4.78, 5) is 33.1. The van der Waals surface area contributed by atoms with Crippen molar-refractivity contribution < 1.29 is 27.9 Å². The highest BCUT2D eigenvalue weighted by atomic mass is 35.5. The molecular formula is C25H26ClF3N6O3. The van der Waals surface area contributed by atoms with E-state index < -0.39 is 36.6 Å². The molecule has 4 heterocycles. The standard InChI is InChI=1S/C25H26ClF3N6O3/c1-32(24(38)16-8-10-33(13-16)22(37)14-36)23(25(27,28)29)15-4-6-17(7-5-15)34-9-2-3-18-19(34)12-30-21-11-20(26)31-35(18)21/h4-7,11-12,16,23,36H,2-3,8-10,13-14H2,1H3/t16-,23+/m1/s1. The van der Waals surface area contributed by atoms with E-state index in [2.05, 4.69) is 10.1 Å². The van der Waals surface area contributed by atoms with Crippen molar-refractivity contribution in [1.82, 2.24) is 24.4 Å². The monoisotopic (exact) mass is 550 g/mol. The van der Waals surface area contributed by atoms with Gasteiger partial charge in [0.1, 0.15) is 6.61 Å². The summed E-state index contributed by atoms with van der Waals surface area (Å²) >= 11 is 6.05. The van der Waals surface area contributed by atoms with E-state index in [9.17, 15) is 22.8 Å². The molecule has 1 aromatic carbocycles. The predicted molar refractivity (Wildman–Crippen MR) is 133 cm³/mol. The van der Waals surface area contributed by atoms with Gasteiger partial charge >= 0.3 is 6.18 Å². The van der Waals surface area contributed by atoms with Gasteiger partial charge in [-0.05, 0) is 37.0 Å². The number of hydrogen-bond acceptors (Lipinski definition) is 6. The van der Waals surface area contributed by atoms with Crippen LogP contribution in [0.25, 0.3) is 5.65 Å². The first-order valence-electron chi connectivity index (χ1n) is 12.2. The van der Waals surface area contributed by atoms with Gasteiger partial charge in [0.2, 0.25) is 11.8 Å². The van der Waals surface area contributed by atoms with E-state index in [0.717, 1.165) is 31.3 Å². The van der Waals surface area contributed by atoms with Gasteiger partial charge in [-0.1, -0.05) is 23.7 Å². The first-order valence-corrected chi connectivity index (χ1v) is 12.6. The van der Waals surface area contributed by atoms with E-state index in [0.29, 0.717) is 27.9 Å². The maximum atomic E-state index is 14.2. The number of benzene rings is 1. The zero-order valence-electron chi connectivity index (χ0n) is 20.5. The summed E-state index contributed by atoms with van der Waals surface area (Å²) in [6, 6.07) is 5.51. The van der Waals surface area contributed by atoms with Gasteiger partial charge in [0, 0.05) is 38.4 Å². The molecule has 202 valence electrons. The molecule has 0 saturated carbocycles. The van der Waals surface area contributed by atoms with E-state index in [1.807, 2.05) is 4.90 Å². The van der Waals surface area contributed by atoms with E-state index in [1.54, 1.807) is 28.9 Å². The fourth-order valence-electron chi connectivity index (χ4n) is 5.37. The Labute approximate surface area is 221 Å². The Morgan fingerprint density at radius 2 is 1.97 bits per heavy atom. The smallest absolute Gasteiger partial charge is 0.387 e. The van der Waals surface area contributed by atoms with Crippen LogP contribution >= 0.6 is 11.6 Å². The molecular weight excluding hydrogens is 525 g/mol. The van der Waals surface area contributed by atoms with Gasteiger partial charge in [0.25, 0.3) is 0 Å². The van der Waals surface area contributed by atoms with Gasteiger partial charge in [-0.2, -0.15) is 18.3 Å². The number of aromatic nitrogens is 3. The van der Waals surface area contributed by atoms with Crippen LogP contribution in [0.4, 0.5) is 24.5 Å². The summed E-state index contributed by atoms with van der Waals surface area (Å²) in [5, 5.41) is 13.7. The van der Waals surface area contributed by atoms with Crippen molar-refractivity contribution in [2.45, 2.75) is 31.5 Å². The van der Waals surface area contributed by atoms with Gasteiger partial charge in [-0.3, -0.25) is 9.59 Å². The second-order valence-electron chi connectivity index (χ2n) is 9.55.